The number of nitro benzene ring substituents is 1. The number of rotatable bonds is 7. The van der Waals surface area contributed by atoms with E-state index in [4.69, 9.17) is 9.47 Å². The number of carbonyl (C=O) groups is 2. The highest BCUT2D eigenvalue weighted by Crippen LogP contribution is 2.33. The number of nitrogens with one attached hydrogen (secondary N) is 1. The minimum absolute atomic E-state index is 0.00197. The molecule has 8 nitrogen and oxygen atoms in total. The first-order chi connectivity index (χ1) is 14.9. The van der Waals surface area contributed by atoms with Crippen LogP contribution in [0.15, 0.2) is 76.5 Å². The van der Waals surface area contributed by atoms with Crippen LogP contribution in [0, 0.1) is 10.1 Å². The molecule has 0 bridgehead atoms. The molecule has 0 fully saturated rings. The smallest absolute Gasteiger partial charge is 0.337 e. The van der Waals surface area contributed by atoms with Gasteiger partial charge in [-0.1, -0.05) is 23.9 Å². The number of benzene rings is 3. The van der Waals surface area contributed by atoms with Gasteiger partial charge in [-0.15, -0.1) is 0 Å². The number of nitro groups is 1. The number of esters is 1. The zero-order valence-corrected chi connectivity index (χ0v) is 17.5. The quantitative estimate of drug-likeness (QED) is 0.321. The number of anilines is 1. The second kappa shape index (κ2) is 9.77. The fraction of sp³-hybridized carbons (Fsp3) is 0.0909. The molecule has 0 aromatic heterocycles. The van der Waals surface area contributed by atoms with Gasteiger partial charge < -0.3 is 14.8 Å². The van der Waals surface area contributed by atoms with Gasteiger partial charge in [0.2, 0.25) is 0 Å². The zero-order chi connectivity index (χ0) is 22.4. The Labute approximate surface area is 182 Å². The van der Waals surface area contributed by atoms with Gasteiger partial charge >= 0.3 is 5.97 Å². The normalized spacial score (nSPS) is 10.3. The van der Waals surface area contributed by atoms with Crippen molar-refractivity contribution in [2.45, 2.75) is 9.79 Å². The topological polar surface area (TPSA) is 108 Å². The highest BCUT2D eigenvalue weighted by atomic mass is 32.2. The summed E-state index contributed by atoms with van der Waals surface area (Å²) in [6.45, 7) is 0. The number of hydrogen-bond donors (Lipinski definition) is 1. The van der Waals surface area contributed by atoms with Crippen LogP contribution in [0.25, 0.3) is 0 Å². The molecule has 3 rings (SSSR count). The van der Waals surface area contributed by atoms with Crippen molar-refractivity contribution in [1.82, 2.24) is 0 Å². The number of nitrogens with zero attached hydrogens (tertiary/aromatic N) is 1. The van der Waals surface area contributed by atoms with Gasteiger partial charge in [0.1, 0.15) is 5.75 Å². The van der Waals surface area contributed by atoms with E-state index >= 15 is 0 Å². The lowest BCUT2D eigenvalue weighted by atomic mass is 10.1. The molecule has 0 aliphatic rings. The van der Waals surface area contributed by atoms with Crippen LogP contribution in [-0.4, -0.2) is 31.0 Å². The summed E-state index contributed by atoms with van der Waals surface area (Å²) >= 11 is 1.32. The molecule has 0 radical (unpaired) electrons. The summed E-state index contributed by atoms with van der Waals surface area (Å²) in [5.41, 5.74) is 1.12. The van der Waals surface area contributed by atoms with Crippen molar-refractivity contribution in [2.75, 3.05) is 19.5 Å². The summed E-state index contributed by atoms with van der Waals surface area (Å²) in [4.78, 5) is 36.5. The molecular formula is C22H18N2O6S. The molecule has 3 aromatic rings. The van der Waals surface area contributed by atoms with Gasteiger partial charge in [-0.25, -0.2) is 4.79 Å². The standard InChI is InChI=1S/C22H18N2O6S/c1-29-19-13-14(22(26)30-2)7-12-18(19)23-21(25)17-5-3-4-6-20(17)31-16-10-8-15(9-11-16)24(27)28/h3-13H,1-2H3,(H,23,25). The van der Waals surface area contributed by atoms with Crippen LogP contribution in [0.2, 0.25) is 0 Å². The number of non-ortho nitro benzene ring substituents is 1. The first-order valence-corrected chi connectivity index (χ1v) is 9.83. The molecule has 31 heavy (non-hydrogen) atoms. The van der Waals surface area contributed by atoms with Gasteiger partial charge in [-0.05, 0) is 42.5 Å². The summed E-state index contributed by atoms with van der Waals surface area (Å²) in [5, 5.41) is 13.6. The predicted octanol–water partition coefficient (Wildman–Crippen LogP) is 4.79. The Kier molecular flexibility index (Phi) is 6.88. The fourth-order valence-electron chi connectivity index (χ4n) is 2.74. The molecule has 0 saturated carbocycles. The highest BCUT2D eigenvalue weighted by Gasteiger charge is 2.16. The van der Waals surface area contributed by atoms with Gasteiger partial charge in [0, 0.05) is 21.9 Å². The van der Waals surface area contributed by atoms with E-state index < -0.39 is 10.9 Å². The molecule has 0 saturated heterocycles. The second-order valence-corrected chi connectivity index (χ2v) is 7.33. The monoisotopic (exact) mass is 438 g/mol. The Morgan fingerprint density at radius 3 is 2.35 bits per heavy atom. The van der Waals surface area contributed by atoms with Gasteiger partial charge in [0.25, 0.3) is 11.6 Å². The van der Waals surface area contributed by atoms with Gasteiger partial charge in [-0.2, -0.15) is 0 Å². The third kappa shape index (κ3) is 5.20. The van der Waals surface area contributed by atoms with E-state index in [1.54, 1.807) is 42.5 Å². The van der Waals surface area contributed by atoms with Crippen LogP contribution in [0.1, 0.15) is 20.7 Å². The lowest BCUT2D eigenvalue weighted by Gasteiger charge is -2.13. The van der Waals surface area contributed by atoms with Crippen LogP contribution in [0.4, 0.5) is 11.4 Å². The first-order valence-electron chi connectivity index (χ1n) is 9.02. The third-order valence-corrected chi connectivity index (χ3v) is 5.36. The molecule has 1 N–H and O–H groups in total. The Morgan fingerprint density at radius 1 is 1.00 bits per heavy atom. The Hall–Kier alpha value is -3.85. The van der Waals surface area contributed by atoms with Crippen LogP contribution in [-0.2, 0) is 4.74 Å². The minimum Gasteiger partial charge on any atom is -0.495 e. The van der Waals surface area contributed by atoms with E-state index in [1.807, 2.05) is 0 Å². The van der Waals surface area contributed by atoms with E-state index in [1.165, 1.54) is 50.2 Å². The Balaban J connectivity index is 1.83. The number of carbonyl (C=O) groups excluding carboxylic acids is 2. The number of hydrogen-bond acceptors (Lipinski definition) is 7. The number of methoxy groups -OCH3 is 2. The van der Waals surface area contributed by atoms with E-state index in [0.717, 1.165) is 4.90 Å². The summed E-state index contributed by atoms with van der Waals surface area (Å²) in [6.07, 6.45) is 0. The molecule has 158 valence electrons. The summed E-state index contributed by atoms with van der Waals surface area (Å²) in [6, 6.07) is 17.7. The molecule has 3 aromatic carbocycles. The van der Waals surface area contributed by atoms with Gasteiger partial charge in [0.05, 0.1) is 36.0 Å². The predicted molar refractivity (Wildman–Crippen MR) is 116 cm³/mol. The van der Waals surface area contributed by atoms with E-state index in [-0.39, 0.29) is 11.6 Å². The molecule has 0 spiro atoms. The van der Waals surface area contributed by atoms with Crippen molar-refractivity contribution < 1.29 is 24.0 Å². The van der Waals surface area contributed by atoms with Crippen LogP contribution in [0.5, 0.6) is 5.75 Å². The molecule has 1 amide bonds. The van der Waals surface area contributed by atoms with Gasteiger partial charge in [-0.3, -0.25) is 14.9 Å². The first kappa shape index (κ1) is 21.8. The van der Waals surface area contributed by atoms with Crippen LogP contribution >= 0.6 is 11.8 Å². The highest BCUT2D eigenvalue weighted by molar-refractivity contribution is 7.99. The largest absolute Gasteiger partial charge is 0.495 e. The van der Waals surface area contributed by atoms with Crippen molar-refractivity contribution in [1.29, 1.82) is 0 Å². The summed E-state index contributed by atoms with van der Waals surface area (Å²) < 4.78 is 9.99. The lowest BCUT2D eigenvalue weighted by molar-refractivity contribution is -0.384. The maximum Gasteiger partial charge on any atom is 0.337 e. The molecule has 0 aliphatic heterocycles. The average Bonchev–Trinajstić information content (AvgIpc) is 2.79. The molecule has 0 aliphatic carbocycles. The Bertz CT molecular complexity index is 1130. The Morgan fingerprint density at radius 2 is 1.71 bits per heavy atom. The molecule has 0 heterocycles. The summed E-state index contributed by atoms with van der Waals surface area (Å²) in [7, 11) is 2.72. The van der Waals surface area contributed by atoms with Crippen molar-refractivity contribution >= 4 is 35.0 Å². The SMILES string of the molecule is COC(=O)c1ccc(NC(=O)c2ccccc2Sc2ccc([N+](=O)[O-])cc2)c(OC)c1. The second-order valence-electron chi connectivity index (χ2n) is 6.21. The van der Waals surface area contributed by atoms with E-state index in [2.05, 4.69) is 5.32 Å². The summed E-state index contributed by atoms with van der Waals surface area (Å²) in [5.74, 6) is -0.563. The third-order valence-electron chi connectivity index (χ3n) is 4.28. The number of amides is 1. The van der Waals surface area contributed by atoms with Crippen molar-refractivity contribution in [3.8, 4) is 5.75 Å². The maximum absolute atomic E-state index is 13.0. The molecule has 0 unspecified atom stereocenters. The molecule has 9 heteroatoms. The van der Waals surface area contributed by atoms with Crippen molar-refractivity contribution in [3.05, 3.63) is 88.0 Å². The molecule has 0 atom stereocenters. The van der Waals surface area contributed by atoms with Crippen molar-refractivity contribution in [3.63, 3.8) is 0 Å². The van der Waals surface area contributed by atoms with E-state index in [9.17, 15) is 19.7 Å². The molecular weight excluding hydrogens is 420 g/mol. The van der Waals surface area contributed by atoms with Crippen LogP contribution in [0.3, 0.4) is 0 Å². The number of ether oxygens (including phenoxy) is 2. The average molecular weight is 438 g/mol. The maximum atomic E-state index is 13.0. The minimum atomic E-state index is -0.513. The van der Waals surface area contributed by atoms with Gasteiger partial charge in [0.15, 0.2) is 0 Å². The van der Waals surface area contributed by atoms with E-state index in [0.29, 0.717) is 27.5 Å². The fourth-order valence-corrected chi connectivity index (χ4v) is 3.68. The van der Waals surface area contributed by atoms with Crippen molar-refractivity contribution in [2.24, 2.45) is 0 Å². The lowest BCUT2D eigenvalue weighted by Crippen LogP contribution is -2.14. The van der Waals surface area contributed by atoms with Crippen LogP contribution < -0.4 is 10.1 Å². The zero-order valence-electron chi connectivity index (χ0n) is 16.7.